The van der Waals surface area contributed by atoms with E-state index in [-0.39, 0.29) is 18.3 Å². The summed E-state index contributed by atoms with van der Waals surface area (Å²) in [6.07, 6.45) is 0.649. The molecule has 0 aromatic rings. The number of carbonyl (C=O) groups is 2. The second-order valence-corrected chi connectivity index (χ2v) is 6.66. The summed E-state index contributed by atoms with van der Waals surface area (Å²) >= 11 is 1.19. The molecule has 3 N–H and O–H groups in total. The zero-order chi connectivity index (χ0) is 17.6. The SMILES string of the molecule is CCOC(=O)C1=C(C)NC(SCC(N)=O)=C(C#N)[C@H]1CC(C)C. The number of nitrogens with one attached hydrogen (secondary N) is 1. The predicted octanol–water partition coefficient (Wildman–Crippen LogP) is 2.04. The van der Waals surface area contributed by atoms with Crippen LogP contribution in [0.3, 0.4) is 0 Å². The average Bonchev–Trinajstić information content (AvgIpc) is 2.44. The summed E-state index contributed by atoms with van der Waals surface area (Å²) in [6, 6.07) is 2.18. The third-order valence-electron chi connectivity index (χ3n) is 3.33. The number of ether oxygens (including phenoxy) is 1. The minimum absolute atomic E-state index is 0.0733. The molecule has 7 heteroatoms. The molecule has 23 heavy (non-hydrogen) atoms. The molecule has 6 nitrogen and oxygen atoms in total. The fraction of sp³-hybridized carbons (Fsp3) is 0.562. The Bertz CT molecular complexity index is 588. The van der Waals surface area contributed by atoms with Crippen molar-refractivity contribution in [1.29, 1.82) is 5.26 Å². The van der Waals surface area contributed by atoms with Gasteiger partial charge in [-0.3, -0.25) is 4.79 Å². The van der Waals surface area contributed by atoms with Gasteiger partial charge in [-0.2, -0.15) is 5.26 Å². The van der Waals surface area contributed by atoms with Gasteiger partial charge in [-0.25, -0.2) is 4.79 Å². The maximum atomic E-state index is 12.3. The summed E-state index contributed by atoms with van der Waals surface area (Å²) < 4.78 is 5.14. The highest BCUT2D eigenvalue weighted by Crippen LogP contribution is 2.37. The molecule has 1 aliphatic rings. The number of hydrogen-bond donors (Lipinski definition) is 2. The van der Waals surface area contributed by atoms with Crippen LogP contribution in [0.15, 0.2) is 21.9 Å². The van der Waals surface area contributed by atoms with E-state index in [1.807, 2.05) is 13.8 Å². The molecule has 1 aliphatic heterocycles. The van der Waals surface area contributed by atoms with E-state index in [4.69, 9.17) is 10.5 Å². The Hall–Kier alpha value is -1.94. The highest BCUT2D eigenvalue weighted by Gasteiger charge is 2.34. The largest absolute Gasteiger partial charge is 0.463 e. The molecule has 0 fully saturated rings. The quantitative estimate of drug-likeness (QED) is 0.689. The van der Waals surface area contributed by atoms with Crippen molar-refractivity contribution in [2.45, 2.75) is 34.1 Å². The number of amides is 1. The van der Waals surface area contributed by atoms with Gasteiger partial charge in [0.1, 0.15) is 0 Å². The maximum Gasteiger partial charge on any atom is 0.336 e. The summed E-state index contributed by atoms with van der Waals surface area (Å²) in [7, 11) is 0. The van der Waals surface area contributed by atoms with Crippen LogP contribution >= 0.6 is 11.8 Å². The van der Waals surface area contributed by atoms with E-state index >= 15 is 0 Å². The first kappa shape index (κ1) is 19.1. The molecular weight excluding hydrogens is 314 g/mol. The first-order chi connectivity index (χ1) is 10.8. The number of hydrogen-bond acceptors (Lipinski definition) is 6. The zero-order valence-electron chi connectivity index (χ0n) is 13.9. The van der Waals surface area contributed by atoms with Gasteiger partial charge in [0.2, 0.25) is 5.91 Å². The van der Waals surface area contributed by atoms with Crippen LogP contribution in [-0.2, 0) is 14.3 Å². The van der Waals surface area contributed by atoms with Crippen molar-refractivity contribution in [2.75, 3.05) is 12.4 Å². The van der Waals surface area contributed by atoms with Crippen molar-refractivity contribution in [2.24, 2.45) is 17.6 Å². The lowest BCUT2D eigenvalue weighted by atomic mass is 9.82. The zero-order valence-corrected chi connectivity index (χ0v) is 14.8. The van der Waals surface area contributed by atoms with E-state index in [9.17, 15) is 14.9 Å². The molecule has 1 rings (SSSR count). The van der Waals surface area contributed by atoms with Gasteiger partial charge in [-0.15, -0.1) is 0 Å². The van der Waals surface area contributed by atoms with Gasteiger partial charge in [0, 0.05) is 11.6 Å². The molecule has 0 saturated carbocycles. The Balaban J connectivity index is 3.24. The maximum absolute atomic E-state index is 12.3. The van der Waals surface area contributed by atoms with Gasteiger partial charge in [0.05, 0.1) is 34.6 Å². The van der Waals surface area contributed by atoms with Crippen LogP contribution in [0.5, 0.6) is 0 Å². The molecule has 0 unspecified atom stereocenters. The van der Waals surface area contributed by atoms with E-state index < -0.39 is 11.9 Å². The second-order valence-electron chi connectivity index (χ2n) is 5.68. The molecule has 1 atom stereocenters. The number of primary amides is 1. The van der Waals surface area contributed by atoms with E-state index in [1.54, 1.807) is 13.8 Å². The lowest BCUT2D eigenvalue weighted by Crippen LogP contribution is -2.31. The fourth-order valence-corrected chi connectivity index (χ4v) is 3.32. The first-order valence-corrected chi connectivity index (χ1v) is 8.50. The minimum atomic E-state index is -0.458. The fourth-order valence-electron chi connectivity index (χ4n) is 2.47. The third kappa shape index (κ3) is 5.03. The molecule has 126 valence electrons. The van der Waals surface area contributed by atoms with Gasteiger partial charge >= 0.3 is 5.97 Å². The Morgan fingerprint density at radius 1 is 1.48 bits per heavy atom. The van der Waals surface area contributed by atoms with E-state index in [2.05, 4.69) is 11.4 Å². The summed E-state index contributed by atoms with van der Waals surface area (Å²) in [5.41, 5.74) is 6.78. The van der Waals surface area contributed by atoms with Crippen LogP contribution in [0.2, 0.25) is 0 Å². The van der Waals surface area contributed by atoms with Gasteiger partial charge in [0.15, 0.2) is 0 Å². The molecule has 0 radical (unpaired) electrons. The molecule has 0 bridgehead atoms. The van der Waals surface area contributed by atoms with Gasteiger partial charge in [-0.1, -0.05) is 25.6 Å². The molecular formula is C16H23N3O3S. The van der Waals surface area contributed by atoms with Gasteiger partial charge in [-0.05, 0) is 26.2 Å². The van der Waals surface area contributed by atoms with Crippen LogP contribution in [0.1, 0.15) is 34.1 Å². The van der Waals surface area contributed by atoms with Crippen LogP contribution in [0.25, 0.3) is 0 Å². The third-order valence-corrected chi connectivity index (χ3v) is 4.37. The number of nitrogens with two attached hydrogens (primary N) is 1. The first-order valence-electron chi connectivity index (χ1n) is 7.52. The summed E-state index contributed by atoms with van der Waals surface area (Å²) in [5, 5.41) is 13.2. The monoisotopic (exact) mass is 337 g/mol. The van der Waals surface area contributed by atoms with Crippen molar-refractivity contribution < 1.29 is 14.3 Å². The van der Waals surface area contributed by atoms with Crippen molar-refractivity contribution in [3.8, 4) is 6.07 Å². The second kappa shape index (κ2) is 8.63. The van der Waals surface area contributed by atoms with Gasteiger partial charge < -0.3 is 15.8 Å². The van der Waals surface area contributed by atoms with E-state index in [0.717, 1.165) is 0 Å². The highest BCUT2D eigenvalue weighted by atomic mass is 32.2. The van der Waals surface area contributed by atoms with Crippen molar-refractivity contribution in [1.82, 2.24) is 5.32 Å². The standard InChI is InChI=1S/C16H23N3O3S/c1-5-22-16(21)14-10(4)19-15(23-8-13(18)20)12(7-17)11(14)6-9(2)3/h9,11,19H,5-6,8H2,1-4H3,(H2,18,20)/t11-/m1/s1. The van der Waals surface area contributed by atoms with Crippen LogP contribution in [0, 0.1) is 23.2 Å². The topological polar surface area (TPSA) is 105 Å². The molecule has 0 saturated heterocycles. The van der Waals surface area contributed by atoms with Crippen LogP contribution in [-0.4, -0.2) is 24.2 Å². The van der Waals surface area contributed by atoms with Crippen molar-refractivity contribution >= 4 is 23.6 Å². The summed E-state index contributed by atoms with van der Waals surface area (Å²) in [5.74, 6) is -0.837. The van der Waals surface area contributed by atoms with E-state index in [0.29, 0.717) is 34.2 Å². The normalized spacial score (nSPS) is 17.8. The summed E-state index contributed by atoms with van der Waals surface area (Å²) in [4.78, 5) is 23.3. The lowest BCUT2D eigenvalue weighted by Gasteiger charge is -2.29. The number of rotatable bonds is 7. The number of nitrogens with zero attached hydrogens (tertiary/aromatic N) is 1. The Morgan fingerprint density at radius 3 is 2.61 bits per heavy atom. The molecule has 0 spiro atoms. The molecule has 0 aromatic heterocycles. The Labute approximate surface area is 141 Å². The summed E-state index contributed by atoms with van der Waals surface area (Å²) in [6.45, 7) is 7.87. The van der Waals surface area contributed by atoms with Crippen LogP contribution in [0.4, 0.5) is 0 Å². The molecule has 0 aliphatic carbocycles. The predicted molar refractivity (Wildman–Crippen MR) is 89.7 cm³/mol. The number of thioether (sulfide) groups is 1. The highest BCUT2D eigenvalue weighted by molar-refractivity contribution is 8.03. The Morgan fingerprint density at radius 2 is 2.13 bits per heavy atom. The molecule has 1 amide bonds. The number of dihydropyridines is 1. The van der Waals surface area contributed by atoms with Crippen molar-refractivity contribution in [3.05, 3.63) is 21.9 Å². The smallest absolute Gasteiger partial charge is 0.336 e. The number of nitriles is 1. The van der Waals surface area contributed by atoms with E-state index in [1.165, 1.54) is 11.8 Å². The van der Waals surface area contributed by atoms with Crippen molar-refractivity contribution in [3.63, 3.8) is 0 Å². The van der Waals surface area contributed by atoms with Gasteiger partial charge in [0.25, 0.3) is 0 Å². The lowest BCUT2D eigenvalue weighted by molar-refractivity contribution is -0.139. The minimum Gasteiger partial charge on any atom is -0.463 e. The number of esters is 1. The average molecular weight is 337 g/mol. The Kier molecular flexibility index (Phi) is 7.17. The number of allylic oxidation sites excluding steroid dienone is 2. The molecule has 1 heterocycles. The number of carbonyl (C=O) groups excluding carboxylic acids is 2. The molecule has 0 aromatic carbocycles. The van der Waals surface area contributed by atoms with Crippen LogP contribution < -0.4 is 11.1 Å².